The van der Waals surface area contributed by atoms with E-state index in [1.807, 2.05) is 18.2 Å². The van der Waals surface area contributed by atoms with Gasteiger partial charge in [-0.25, -0.2) is 0 Å². The first kappa shape index (κ1) is 21.8. The maximum atomic E-state index is 10.5. The Morgan fingerprint density at radius 3 is 2.64 bits per heavy atom. The van der Waals surface area contributed by atoms with Crippen molar-refractivity contribution in [3.05, 3.63) is 77.3 Å². The Hall–Kier alpha value is -2.47. The highest BCUT2D eigenvalue weighted by atomic mass is 16.5. The van der Waals surface area contributed by atoms with Gasteiger partial charge in [0.2, 0.25) is 0 Å². The van der Waals surface area contributed by atoms with Gasteiger partial charge in [0.1, 0.15) is 18.5 Å². The second kappa shape index (κ2) is 12.1. The number of benzene rings is 1. The Bertz CT molecular complexity index is 772. The third-order valence-corrected chi connectivity index (χ3v) is 4.06. The molecule has 28 heavy (non-hydrogen) atoms. The molecule has 3 N–H and O–H groups in total. The number of para-hydroxylation sites is 1. The fraction of sp³-hybridized carbons (Fsp3) is 0.364. The topological polar surface area (TPSA) is 92.0 Å². The number of nitrogens with zero attached hydrogens (tertiary/aromatic N) is 1. The standard InChI is InChI=1S/C22H27NO5/c1-27-16-17(15-21(26)19-9-4-5-12-23-19)7-6-10-20(25)18-8-2-3-11-22(18)28-14-13-24/h2-6,8-9,11-12,20-21,24-26H,10,13-16H2,1H3/t7?,20-,21-/m1/s1. The molecule has 0 bridgehead atoms. The van der Waals surface area contributed by atoms with E-state index in [9.17, 15) is 10.2 Å². The van der Waals surface area contributed by atoms with Crippen molar-refractivity contribution in [2.75, 3.05) is 26.9 Å². The van der Waals surface area contributed by atoms with Crippen LogP contribution in [0.1, 0.15) is 36.3 Å². The molecule has 0 aliphatic carbocycles. The van der Waals surface area contributed by atoms with Gasteiger partial charge in [-0.1, -0.05) is 24.3 Å². The summed E-state index contributed by atoms with van der Waals surface area (Å²) in [7, 11) is 1.58. The van der Waals surface area contributed by atoms with Gasteiger partial charge < -0.3 is 24.8 Å². The smallest absolute Gasteiger partial charge is 0.125 e. The molecule has 2 atom stereocenters. The number of pyridine rings is 1. The summed E-state index contributed by atoms with van der Waals surface area (Å²) in [6.07, 6.45) is 2.52. The molecule has 0 aliphatic rings. The van der Waals surface area contributed by atoms with Gasteiger partial charge in [-0.2, -0.15) is 0 Å². The molecule has 0 amide bonds. The summed E-state index contributed by atoms with van der Waals surface area (Å²) >= 11 is 0. The second-order valence-corrected chi connectivity index (χ2v) is 6.22. The van der Waals surface area contributed by atoms with Crippen LogP contribution in [0, 0.1) is 0 Å². The number of hydrogen-bond donors (Lipinski definition) is 3. The van der Waals surface area contributed by atoms with Crippen molar-refractivity contribution < 1.29 is 24.8 Å². The van der Waals surface area contributed by atoms with Gasteiger partial charge in [0.05, 0.1) is 25.0 Å². The van der Waals surface area contributed by atoms with E-state index in [-0.39, 0.29) is 13.2 Å². The van der Waals surface area contributed by atoms with Crippen LogP contribution in [0.15, 0.2) is 66.0 Å². The molecule has 6 heteroatoms. The minimum absolute atomic E-state index is 0.0912. The highest BCUT2D eigenvalue weighted by Gasteiger charge is 2.13. The van der Waals surface area contributed by atoms with Crippen molar-refractivity contribution >= 4 is 0 Å². The van der Waals surface area contributed by atoms with Crippen LogP contribution in [0.2, 0.25) is 0 Å². The summed E-state index contributed by atoms with van der Waals surface area (Å²) < 4.78 is 10.7. The molecule has 0 radical (unpaired) electrons. The second-order valence-electron chi connectivity index (χ2n) is 6.22. The van der Waals surface area contributed by atoms with Crippen LogP contribution in [-0.4, -0.2) is 47.2 Å². The molecule has 0 spiro atoms. The van der Waals surface area contributed by atoms with Crippen LogP contribution >= 0.6 is 0 Å². The first-order chi connectivity index (χ1) is 13.7. The zero-order chi connectivity index (χ0) is 20.2. The molecule has 0 aliphatic heterocycles. The van der Waals surface area contributed by atoms with E-state index in [2.05, 4.69) is 10.7 Å². The van der Waals surface area contributed by atoms with Gasteiger partial charge in [-0.05, 0) is 29.8 Å². The first-order valence-electron chi connectivity index (χ1n) is 9.17. The van der Waals surface area contributed by atoms with Crippen LogP contribution in [0.25, 0.3) is 0 Å². The monoisotopic (exact) mass is 385 g/mol. The zero-order valence-electron chi connectivity index (χ0n) is 16.0. The summed E-state index contributed by atoms with van der Waals surface area (Å²) in [5.74, 6) is 0.545. The Morgan fingerprint density at radius 2 is 1.93 bits per heavy atom. The highest BCUT2D eigenvalue weighted by molar-refractivity contribution is 5.35. The highest BCUT2D eigenvalue weighted by Crippen LogP contribution is 2.27. The minimum atomic E-state index is -0.771. The zero-order valence-corrected chi connectivity index (χ0v) is 16.0. The molecule has 0 unspecified atom stereocenters. The van der Waals surface area contributed by atoms with Gasteiger partial charge >= 0.3 is 0 Å². The van der Waals surface area contributed by atoms with E-state index >= 15 is 0 Å². The molecule has 1 aromatic carbocycles. The molecule has 1 aromatic heterocycles. The van der Waals surface area contributed by atoms with Gasteiger partial charge in [-0.3, -0.25) is 4.98 Å². The lowest BCUT2D eigenvalue weighted by Crippen LogP contribution is -2.06. The molecule has 6 nitrogen and oxygen atoms in total. The fourth-order valence-electron chi connectivity index (χ4n) is 2.73. The van der Waals surface area contributed by atoms with Crippen LogP contribution < -0.4 is 4.74 Å². The van der Waals surface area contributed by atoms with Gasteiger partial charge in [0.25, 0.3) is 0 Å². The van der Waals surface area contributed by atoms with Crippen LogP contribution in [0.3, 0.4) is 0 Å². The average Bonchev–Trinajstić information content (AvgIpc) is 2.73. The van der Waals surface area contributed by atoms with Crippen LogP contribution in [-0.2, 0) is 4.74 Å². The Morgan fingerprint density at radius 1 is 1.14 bits per heavy atom. The molecule has 0 saturated carbocycles. The van der Waals surface area contributed by atoms with E-state index < -0.39 is 12.2 Å². The molecule has 1 heterocycles. The van der Waals surface area contributed by atoms with Gasteiger partial charge in [0.15, 0.2) is 0 Å². The summed E-state index contributed by atoms with van der Waals surface area (Å²) in [6.45, 7) is 0.404. The Balaban J connectivity index is 2.06. The Kier molecular flexibility index (Phi) is 9.42. The van der Waals surface area contributed by atoms with Crippen LogP contribution in [0.4, 0.5) is 0 Å². The average molecular weight is 385 g/mol. The van der Waals surface area contributed by atoms with Gasteiger partial charge in [-0.15, -0.1) is 5.73 Å². The molecule has 0 fully saturated rings. The number of methoxy groups -OCH3 is 1. The van der Waals surface area contributed by atoms with E-state index in [0.717, 1.165) is 5.57 Å². The Labute approximate surface area is 165 Å². The molecule has 0 saturated heterocycles. The van der Waals surface area contributed by atoms with Crippen molar-refractivity contribution in [1.82, 2.24) is 4.98 Å². The van der Waals surface area contributed by atoms with Crippen LogP contribution in [0.5, 0.6) is 5.75 Å². The normalized spacial score (nSPS) is 12.7. The summed E-state index contributed by atoms with van der Waals surface area (Å²) in [5.41, 5.74) is 5.14. The lowest BCUT2D eigenvalue weighted by atomic mass is 10.0. The molecular formula is C22H27NO5. The molecule has 2 rings (SSSR count). The maximum Gasteiger partial charge on any atom is 0.125 e. The number of aliphatic hydroxyl groups is 3. The first-order valence-corrected chi connectivity index (χ1v) is 9.17. The third kappa shape index (κ3) is 6.93. The molecule has 150 valence electrons. The van der Waals surface area contributed by atoms with Gasteiger partial charge in [0, 0.05) is 31.7 Å². The number of rotatable bonds is 11. The number of aromatic nitrogens is 1. The number of aliphatic hydroxyl groups excluding tert-OH is 3. The predicted octanol–water partition coefficient (Wildman–Crippen LogP) is 2.73. The van der Waals surface area contributed by atoms with Crippen molar-refractivity contribution in [2.45, 2.75) is 25.0 Å². The van der Waals surface area contributed by atoms with Crippen molar-refractivity contribution in [2.24, 2.45) is 0 Å². The lowest BCUT2D eigenvalue weighted by molar-refractivity contribution is 0.160. The molecular weight excluding hydrogens is 358 g/mol. The van der Waals surface area contributed by atoms with Crippen molar-refractivity contribution in [3.63, 3.8) is 0 Å². The largest absolute Gasteiger partial charge is 0.491 e. The SMILES string of the molecule is COCC(=C=CC[C@@H](O)c1ccccc1OCCO)C[C@@H](O)c1ccccn1. The number of hydrogen-bond acceptors (Lipinski definition) is 6. The predicted molar refractivity (Wildman–Crippen MR) is 106 cm³/mol. The summed E-state index contributed by atoms with van der Waals surface area (Å²) in [5, 5.41) is 29.8. The number of ether oxygens (including phenoxy) is 2. The fourth-order valence-corrected chi connectivity index (χ4v) is 2.73. The summed E-state index contributed by atoms with van der Waals surface area (Å²) in [4.78, 5) is 4.16. The maximum absolute atomic E-state index is 10.5. The minimum Gasteiger partial charge on any atom is -0.491 e. The van der Waals surface area contributed by atoms with E-state index in [1.54, 1.807) is 43.6 Å². The lowest BCUT2D eigenvalue weighted by Gasteiger charge is -2.14. The van der Waals surface area contributed by atoms with E-state index in [0.29, 0.717) is 36.5 Å². The quantitative estimate of drug-likeness (QED) is 0.515. The third-order valence-electron chi connectivity index (χ3n) is 4.06. The van der Waals surface area contributed by atoms with Crippen molar-refractivity contribution in [3.8, 4) is 5.75 Å². The van der Waals surface area contributed by atoms with Crippen molar-refractivity contribution in [1.29, 1.82) is 0 Å². The molecule has 2 aromatic rings. The van der Waals surface area contributed by atoms with E-state index in [4.69, 9.17) is 14.6 Å². The van der Waals surface area contributed by atoms with E-state index in [1.165, 1.54) is 0 Å². The summed E-state index contributed by atoms with van der Waals surface area (Å²) in [6, 6.07) is 12.6.